The van der Waals surface area contributed by atoms with Crippen LogP contribution in [0.2, 0.25) is 0 Å². The summed E-state index contributed by atoms with van der Waals surface area (Å²) in [4.78, 5) is 0. The lowest BCUT2D eigenvalue weighted by molar-refractivity contribution is 1.35. The molecule has 0 aliphatic carbocycles. The van der Waals surface area contributed by atoms with Gasteiger partial charge in [0, 0.05) is 6.21 Å². The Balaban J connectivity index is 0.000000561. The van der Waals surface area contributed by atoms with Crippen molar-refractivity contribution in [2.24, 2.45) is 5.10 Å². The van der Waals surface area contributed by atoms with Crippen LogP contribution in [-0.4, -0.2) is 6.21 Å². The molecule has 12 heavy (non-hydrogen) atoms. The number of hydrazone groups is 1. The van der Waals surface area contributed by atoms with Crippen LogP contribution < -0.4 is 5.43 Å². The summed E-state index contributed by atoms with van der Waals surface area (Å²) in [6, 6.07) is 9.84. The fourth-order valence-electron chi connectivity index (χ4n) is 0.652. The lowest BCUT2D eigenvalue weighted by Gasteiger charge is -1.95. The summed E-state index contributed by atoms with van der Waals surface area (Å²) < 4.78 is 0. The highest BCUT2D eigenvalue weighted by Gasteiger charge is 1.81. The molecule has 0 fully saturated rings. The minimum Gasteiger partial charge on any atom is -0.279 e. The molecule has 0 atom stereocenters. The quantitative estimate of drug-likeness (QED) is 0.527. The molecular weight excluding hydrogens is 148 g/mol. The molecular formula is C10H16N2. The summed E-state index contributed by atoms with van der Waals surface area (Å²) in [5.41, 5.74) is 3.88. The first kappa shape index (κ1) is 10.7. The van der Waals surface area contributed by atoms with Gasteiger partial charge in [0.1, 0.15) is 0 Å². The van der Waals surface area contributed by atoms with Gasteiger partial charge in [-0.1, -0.05) is 32.0 Å². The fourth-order valence-corrected chi connectivity index (χ4v) is 0.652. The van der Waals surface area contributed by atoms with Gasteiger partial charge in [-0.05, 0) is 19.1 Å². The van der Waals surface area contributed by atoms with Crippen molar-refractivity contribution in [2.45, 2.75) is 20.8 Å². The van der Waals surface area contributed by atoms with Crippen molar-refractivity contribution in [2.75, 3.05) is 5.43 Å². The number of hydrogen-bond donors (Lipinski definition) is 1. The van der Waals surface area contributed by atoms with Crippen LogP contribution in [0.4, 0.5) is 5.69 Å². The molecule has 66 valence electrons. The second-order valence-electron chi connectivity index (χ2n) is 1.87. The van der Waals surface area contributed by atoms with E-state index in [0.29, 0.717) is 0 Å². The molecule has 1 rings (SSSR count). The lowest BCUT2D eigenvalue weighted by atomic mass is 10.3. The third kappa shape index (κ3) is 4.50. The summed E-state index contributed by atoms with van der Waals surface area (Å²) in [7, 11) is 0. The standard InChI is InChI=1S/C8H10N2.C2H6/c1-2-9-10-8-6-4-3-5-7-8;1-2/h2-7,10H,1H3;1-2H3/b9-2+;. The minimum atomic E-state index is 1.01. The Bertz CT molecular complexity index is 204. The van der Waals surface area contributed by atoms with Gasteiger partial charge < -0.3 is 0 Å². The Morgan fingerprint density at radius 2 is 1.75 bits per heavy atom. The van der Waals surface area contributed by atoms with Gasteiger partial charge in [0.2, 0.25) is 0 Å². The lowest BCUT2D eigenvalue weighted by Crippen LogP contribution is -1.85. The molecule has 2 heteroatoms. The van der Waals surface area contributed by atoms with Gasteiger partial charge in [0.05, 0.1) is 5.69 Å². The Kier molecular flexibility index (Phi) is 6.94. The average molecular weight is 164 g/mol. The number of hydrogen-bond acceptors (Lipinski definition) is 2. The zero-order valence-electron chi connectivity index (χ0n) is 7.91. The van der Waals surface area contributed by atoms with Crippen molar-refractivity contribution in [1.82, 2.24) is 0 Å². The van der Waals surface area contributed by atoms with Crippen molar-refractivity contribution in [3.05, 3.63) is 30.3 Å². The average Bonchev–Trinajstić information content (AvgIpc) is 2.19. The molecule has 0 aliphatic heterocycles. The first-order valence-corrected chi connectivity index (χ1v) is 4.22. The first-order chi connectivity index (χ1) is 5.93. The monoisotopic (exact) mass is 164 g/mol. The number of para-hydroxylation sites is 1. The van der Waals surface area contributed by atoms with E-state index in [1.165, 1.54) is 0 Å². The number of anilines is 1. The molecule has 0 radical (unpaired) electrons. The van der Waals surface area contributed by atoms with Gasteiger partial charge in [-0.3, -0.25) is 5.43 Å². The van der Waals surface area contributed by atoms with Crippen molar-refractivity contribution in [3.8, 4) is 0 Å². The van der Waals surface area contributed by atoms with E-state index in [-0.39, 0.29) is 0 Å². The fraction of sp³-hybridized carbons (Fsp3) is 0.300. The van der Waals surface area contributed by atoms with E-state index in [9.17, 15) is 0 Å². The molecule has 1 N–H and O–H groups in total. The van der Waals surface area contributed by atoms with Gasteiger partial charge >= 0.3 is 0 Å². The molecule has 0 aliphatic rings. The zero-order chi connectivity index (χ0) is 9.23. The predicted octanol–water partition coefficient (Wildman–Crippen LogP) is 3.13. The third-order valence-corrected chi connectivity index (χ3v) is 1.10. The van der Waals surface area contributed by atoms with Crippen LogP contribution in [0.3, 0.4) is 0 Å². The van der Waals surface area contributed by atoms with Crippen LogP contribution >= 0.6 is 0 Å². The summed E-state index contributed by atoms with van der Waals surface area (Å²) in [5, 5.41) is 3.87. The zero-order valence-corrected chi connectivity index (χ0v) is 7.91. The maximum Gasteiger partial charge on any atom is 0.0561 e. The van der Waals surface area contributed by atoms with Gasteiger partial charge in [0.15, 0.2) is 0 Å². The molecule has 2 nitrogen and oxygen atoms in total. The SMILES string of the molecule is C/C=N/Nc1ccccc1.CC. The number of rotatable bonds is 2. The Labute approximate surface area is 74.3 Å². The van der Waals surface area contributed by atoms with E-state index in [1.807, 2.05) is 51.1 Å². The van der Waals surface area contributed by atoms with Crippen LogP contribution in [0.1, 0.15) is 20.8 Å². The highest BCUT2D eigenvalue weighted by molar-refractivity contribution is 5.56. The maximum atomic E-state index is 3.87. The van der Waals surface area contributed by atoms with Crippen LogP contribution in [0.15, 0.2) is 35.4 Å². The van der Waals surface area contributed by atoms with E-state index < -0.39 is 0 Å². The second-order valence-corrected chi connectivity index (χ2v) is 1.87. The van der Waals surface area contributed by atoms with E-state index in [2.05, 4.69) is 10.5 Å². The van der Waals surface area contributed by atoms with Crippen LogP contribution in [0, 0.1) is 0 Å². The van der Waals surface area contributed by atoms with Crippen molar-refractivity contribution < 1.29 is 0 Å². The molecule has 0 amide bonds. The Morgan fingerprint density at radius 1 is 1.17 bits per heavy atom. The van der Waals surface area contributed by atoms with Gasteiger partial charge in [-0.15, -0.1) is 0 Å². The Hall–Kier alpha value is -1.31. The number of benzene rings is 1. The Morgan fingerprint density at radius 3 is 2.25 bits per heavy atom. The highest BCUT2D eigenvalue weighted by atomic mass is 15.3. The highest BCUT2D eigenvalue weighted by Crippen LogP contribution is 2.03. The molecule has 1 aromatic rings. The predicted molar refractivity (Wildman–Crippen MR) is 55.6 cm³/mol. The van der Waals surface area contributed by atoms with E-state index in [1.54, 1.807) is 6.21 Å². The number of nitrogens with zero attached hydrogens (tertiary/aromatic N) is 1. The van der Waals surface area contributed by atoms with Crippen LogP contribution in [0.5, 0.6) is 0 Å². The maximum absolute atomic E-state index is 3.87. The van der Waals surface area contributed by atoms with Gasteiger partial charge in [-0.25, -0.2) is 0 Å². The molecule has 0 saturated heterocycles. The largest absolute Gasteiger partial charge is 0.279 e. The normalized spacial score (nSPS) is 8.92. The molecule has 0 bridgehead atoms. The van der Waals surface area contributed by atoms with E-state index >= 15 is 0 Å². The molecule has 0 aromatic heterocycles. The molecule has 0 heterocycles. The summed E-state index contributed by atoms with van der Waals surface area (Å²) in [6.45, 7) is 5.87. The second kappa shape index (κ2) is 7.79. The van der Waals surface area contributed by atoms with E-state index in [0.717, 1.165) is 5.69 Å². The van der Waals surface area contributed by atoms with Crippen LogP contribution in [-0.2, 0) is 0 Å². The van der Waals surface area contributed by atoms with Crippen LogP contribution in [0.25, 0.3) is 0 Å². The van der Waals surface area contributed by atoms with Crippen molar-refractivity contribution >= 4 is 11.9 Å². The molecule has 0 spiro atoms. The molecule has 1 aromatic carbocycles. The van der Waals surface area contributed by atoms with Gasteiger partial charge in [-0.2, -0.15) is 5.10 Å². The first-order valence-electron chi connectivity index (χ1n) is 4.22. The third-order valence-electron chi connectivity index (χ3n) is 1.10. The molecule has 0 saturated carbocycles. The summed E-state index contributed by atoms with van der Waals surface area (Å²) >= 11 is 0. The topological polar surface area (TPSA) is 24.4 Å². The van der Waals surface area contributed by atoms with Crippen molar-refractivity contribution in [3.63, 3.8) is 0 Å². The van der Waals surface area contributed by atoms with Gasteiger partial charge in [0.25, 0.3) is 0 Å². The van der Waals surface area contributed by atoms with E-state index in [4.69, 9.17) is 0 Å². The minimum absolute atomic E-state index is 1.01. The number of nitrogens with one attached hydrogen (secondary N) is 1. The smallest absolute Gasteiger partial charge is 0.0561 e. The summed E-state index contributed by atoms with van der Waals surface area (Å²) in [6.07, 6.45) is 1.72. The van der Waals surface area contributed by atoms with Crippen molar-refractivity contribution in [1.29, 1.82) is 0 Å². The molecule has 0 unspecified atom stereocenters. The summed E-state index contributed by atoms with van der Waals surface area (Å²) in [5.74, 6) is 0.